The number of rotatable bonds is 9. The maximum absolute atomic E-state index is 12.9. The van der Waals surface area contributed by atoms with Crippen molar-refractivity contribution in [3.8, 4) is 5.75 Å². The van der Waals surface area contributed by atoms with Crippen molar-refractivity contribution >= 4 is 23.4 Å². The summed E-state index contributed by atoms with van der Waals surface area (Å²) in [6.07, 6.45) is 0. The first kappa shape index (κ1) is 22.8. The van der Waals surface area contributed by atoms with Crippen molar-refractivity contribution in [2.45, 2.75) is 46.2 Å². The van der Waals surface area contributed by atoms with Gasteiger partial charge in [0.1, 0.15) is 11.8 Å². The maximum atomic E-state index is 12.9. The first-order valence-electron chi connectivity index (χ1n) is 9.86. The molecule has 0 aliphatic rings. The van der Waals surface area contributed by atoms with Crippen LogP contribution in [0.3, 0.4) is 0 Å². The number of hydrogen-bond acceptors (Lipinski definition) is 3. The lowest BCUT2D eigenvalue weighted by Crippen LogP contribution is -2.49. The molecular formula is C23H29ClN2O3. The van der Waals surface area contributed by atoms with E-state index < -0.39 is 6.04 Å². The van der Waals surface area contributed by atoms with Crippen molar-refractivity contribution < 1.29 is 14.3 Å². The van der Waals surface area contributed by atoms with E-state index >= 15 is 0 Å². The zero-order chi connectivity index (χ0) is 21.4. The van der Waals surface area contributed by atoms with Crippen LogP contribution in [0.2, 0.25) is 5.02 Å². The summed E-state index contributed by atoms with van der Waals surface area (Å²) in [5, 5.41) is 3.32. The Balaban J connectivity index is 2.12. The SMILES string of the molecule is CCNC(=O)[C@@H](C)N(Cc1ccccc1Cl)C(=O)COc1ccc(C(C)C)cc1. The summed E-state index contributed by atoms with van der Waals surface area (Å²) < 4.78 is 5.69. The van der Waals surface area contributed by atoms with E-state index in [1.54, 1.807) is 13.0 Å². The molecule has 2 aromatic rings. The number of benzene rings is 2. The molecule has 0 aliphatic carbocycles. The molecule has 0 radical (unpaired) electrons. The molecule has 0 saturated heterocycles. The molecule has 5 nitrogen and oxygen atoms in total. The lowest BCUT2D eigenvalue weighted by Gasteiger charge is -2.29. The van der Waals surface area contributed by atoms with Gasteiger partial charge in [-0.05, 0) is 49.1 Å². The van der Waals surface area contributed by atoms with Gasteiger partial charge >= 0.3 is 0 Å². The Kier molecular flexibility index (Phi) is 8.52. The van der Waals surface area contributed by atoms with E-state index in [1.165, 1.54) is 10.5 Å². The van der Waals surface area contributed by atoms with E-state index in [0.717, 1.165) is 5.56 Å². The van der Waals surface area contributed by atoms with Gasteiger partial charge in [-0.25, -0.2) is 0 Å². The van der Waals surface area contributed by atoms with Gasteiger partial charge in [0.2, 0.25) is 5.91 Å². The van der Waals surface area contributed by atoms with Gasteiger partial charge in [0.15, 0.2) is 6.61 Å². The van der Waals surface area contributed by atoms with Crippen LogP contribution < -0.4 is 10.1 Å². The highest BCUT2D eigenvalue weighted by Gasteiger charge is 2.26. The van der Waals surface area contributed by atoms with Gasteiger partial charge in [-0.15, -0.1) is 0 Å². The number of ether oxygens (including phenoxy) is 1. The molecule has 0 aromatic heterocycles. The number of nitrogens with zero attached hydrogens (tertiary/aromatic N) is 1. The van der Waals surface area contributed by atoms with Crippen molar-refractivity contribution in [1.29, 1.82) is 0 Å². The van der Waals surface area contributed by atoms with Crippen molar-refractivity contribution in [1.82, 2.24) is 10.2 Å². The maximum Gasteiger partial charge on any atom is 0.261 e. The number of nitrogens with one attached hydrogen (secondary N) is 1. The van der Waals surface area contributed by atoms with Crippen molar-refractivity contribution in [2.24, 2.45) is 0 Å². The van der Waals surface area contributed by atoms with Gasteiger partial charge in [0, 0.05) is 18.1 Å². The molecule has 0 aliphatic heterocycles. The Morgan fingerprint density at radius 1 is 1.07 bits per heavy atom. The normalized spacial score (nSPS) is 11.8. The van der Waals surface area contributed by atoms with Crippen LogP contribution in [-0.2, 0) is 16.1 Å². The van der Waals surface area contributed by atoms with Gasteiger partial charge in [0.05, 0.1) is 0 Å². The fraction of sp³-hybridized carbons (Fsp3) is 0.391. The van der Waals surface area contributed by atoms with Gasteiger partial charge in [0.25, 0.3) is 5.91 Å². The van der Waals surface area contributed by atoms with Gasteiger partial charge in [-0.3, -0.25) is 9.59 Å². The Morgan fingerprint density at radius 2 is 1.72 bits per heavy atom. The Hall–Kier alpha value is -2.53. The second-order valence-corrected chi connectivity index (χ2v) is 7.60. The van der Waals surface area contributed by atoms with Crippen LogP contribution in [0.1, 0.15) is 44.7 Å². The standard InChI is InChI=1S/C23H29ClN2O3/c1-5-25-23(28)17(4)26(14-19-8-6-7-9-21(19)24)22(27)15-29-20-12-10-18(11-13-20)16(2)3/h6-13,16-17H,5,14-15H2,1-4H3,(H,25,28)/t17-/m1/s1. The highest BCUT2D eigenvalue weighted by Crippen LogP contribution is 2.20. The van der Waals surface area contributed by atoms with Crippen LogP contribution in [0.5, 0.6) is 5.75 Å². The summed E-state index contributed by atoms with van der Waals surface area (Å²) in [6.45, 7) is 8.35. The molecule has 29 heavy (non-hydrogen) atoms. The fourth-order valence-corrected chi connectivity index (χ4v) is 3.09. The van der Waals surface area contributed by atoms with Crippen molar-refractivity contribution in [2.75, 3.05) is 13.2 Å². The van der Waals surface area contributed by atoms with Crippen LogP contribution in [0, 0.1) is 0 Å². The number of carbonyl (C=O) groups excluding carboxylic acids is 2. The highest BCUT2D eigenvalue weighted by atomic mass is 35.5. The minimum atomic E-state index is -0.648. The lowest BCUT2D eigenvalue weighted by molar-refractivity contribution is -0.142. The molecule has 2 rings (SSSR count). The molecule has 1 atom stereocenters. The summed E-state index contributed by atoms with van der Waals surface area (Å²) in [4.78, 5) is 26.8. The largest absolute Gasteiger partial charge is 0.484 e. The Morgan fingerprint density at radius 3 is 2.31 bits per heavy atom. The van der Waals surface area contributed by atoms with Crippen LogP contribution in [0.25, 0.3) is 0 Å². The van der Waals surface area contributed by atoms with Gasteiger partial charge < -0.3 is 15.0 Å². The molecule has 0 unspecified atom stereocenters. The molecule has 0 bridgehead atoms. The third-order valence-electron chi connectivity index (χ3n) is 4.73. The average Bonchev–Trinajstić information content (AvgIpc) is 2.71. The van der Waals surface area contributed by atoms with E-state index in [4.69, 9.17) is 16.3 Å². The zero-order valence-corrected chi connectivity index (χ0v) is 18.2. The van der Waals surface area contributed by atoms with Crippen molar-refractivity contribution in [3.05, 3.63) is 64.7 Å². The van der Waals surface area contributed by atoms with Gasteiger partial charge in [-0.1, -0.05) is 55.8 Å². The predicted octanol–water partition coefficient (Wildman–Crippen LogP) is 4.40. The van der Waals surface area contributed by atoms with E-state index in [9.17, 15) is 9.59 Å². The molecule has 0 saturated carbocycles. The van der Waals surface area contributed by atoms with Crippen molar-refractivity contribution in [3.63, 3.8) is 0 Å². The predicted molar refractivity (Wildman–Crippen MR) is 116 cm³/mol. The zero-order valence-electron chi connectivity index (χ0n) is 17.4. The minimum Gasteiger partial charge on any atom is -0.484 e. The van der Waals surface area contributed by atoms with Gasteiger partial charge in [-0.2, -0.15) is 0 Å². The van der Waals surface area contributed by atoms with Crippen LogP contribution in [-0.4, -0.2) is 35.9 Å². The van der Waals surface area contributed by atoms with Crippen LogP contribution in [0.4, 0.5) is 0 Å². The third-order valence-corrected chi connectivity index (χ3v) is 5.09. The average molecular weight is 417 g/mol. The van der Waals surface area contributed by atoms with E-state index in [1.807, 2.05) is 49.4 Å². The number of halogens is 1. The Bertz CT molecular complexity index is 821. The summed E-state index contributed by atoms with van der Waals surface area (Å²) >= 11 is 6.26. The molecule has 0 fully saturated rings. The first-order valence-corrected chi connectivity index (χ1v) is 10.2. The molecule has 6 heteroatoms. The van der Waals surface area contributed by atoms with Crippen LogP contribution >= 0.6 is 11.6 Å². The molecule has 2 aromatic carbocycles. The number of carbonyl (C=O) groups is 2. The molecule has 0 spiro atoms. The Labute approximate surface area is 178 Å². The quantitative estimate of drug-likeness (QED) is 0.659. The summed E-state index contributed by atoms with van der Waals surface area (Å²) in [6, 6.07) is 14.3. The van der Waals surface area contributed by atoms with Crippen LogP contribution in [0.15, 0.2) is 48.5 Å². The molecule has 1 N–H and O–H groups in total. The number of amides is 2. The fourth-order valence-electron chi connectivity index (χ4n) is 2.89. The van der Waals surface area contributed by atoms with E-state index in [-0.39, 0.29) is 25.0 Å². The molecule has 2 amide bonds. The third kappa shape index (κ3) is 6.50. The van der Waals surface area contributed by atoms with E-state index in [2.05, 4.69) is 19.2 Å². The topological polar surface area (TPSA) is 58.6 Å². The summed E-state index contributed by atoms with van der Waals surface area (Å²) in [5.41, 5.74) is 1.98. The summed E-state index contributed by atoms with van der Waals surface area (Å²) in [7, 11) is 0. The smallest absolute Gasteiger partial charge is 0.261 e. The molecule has 0 heterocycles. The minimum absolute atomic E-state index is 0.158. The molecular weight excluding hydrogens is 388 g/mol. The second-order valence-electron chi connectivity index (χ2n) is 7.20. The summed E-state index contributed by atoms with van der Waals surface area (Å²) in [5.74, 6) is 0.548. The molecule has 156 valence electrons. The van der Waals surface area contributed by atoms with E-state index in [0.29, 0.717) is 23.2 Å². The first-order chi connectivity index (χ1) is 13.8. The highest BCUT2D eigenvalue weighted by molar-refractivity contribution is 6.31. The lowest BCUT2D eigenvalue weighted by atomic mass is 10.0. The monoisotopic (exact) mass is 416 g/mol. The number of likely N-dealkylation sites (N-methyl/N-ethyl adjacent to an activating group) is 1. The number of hydrogen-bond donors (Lipinski definition) is 1. The second kappa shape index (κ2) is 10.9.